The number of alkyl carbamates (subject to hydrolysis) is 1. The molecule has 0 aromatic heterocycles. The van der Waals surface area contributed by atoms with E-state index in [-0.39, 0.29) is 18.2 Å². The predicted molar refractivity (Wildman–Crippen MR) is 180 cm³/mol. The molecule has 0 heterocycles. The second kappa shape index (κ2) is 19.1. The van der Waals surface area contributed by atoms with Crippen LogP contribution in [0.4, 0.5) is 4.79 Å². The largest absolute Gasteiger partial charge is 0.444 e. The zero-order valence-corrected chi connectivity index (χ0v) is 28.3. The lowest BCUT2D eigenvalue weighted by molar-refractivity contribution is -0.142. The lowest BCUT2D eigenvalue weighted by Crippen LogP contribution is -2.54. The zero-order chi connectivity index (χ0) is 32.5. The van der Waals surface area contributed by atoms with E-state index < -0.39 is 23.8 Å². The summed E-state index contributed by atoms with van der Waals surface area (Å²) in [6.45, 7) is 14.7. The van der Waals surface area contributed by atoms with E-state index in [1.165, 1.54) is 6.42 Å². The van der Waals surface area contributed by atoms with Crippen LogP contribution in [0.3, 0.4) is 0 Å². The molecule has 0 saturated heterocycles. The van der Waals surface area contributed by atoms with Crippen molar-refractivity contribution in [1.82, 2.24) is 15.5 Å². The molecule has 2 atom stereocenters. The van der Waals surface area contributed by atoms with E-state index in [9.17, 15) is 14.4 Å². The highest BCUT2D eigenvalue weighted by Gasteiger charge is 2.36. The van der Waals surface area contributed by atoms with E-state index in [1.807, 2.05) is 56.3 Å². The van der Waals surface area contributed by atoms with Gasteiger partial charge in [-0.15, -0.1) is 0 Å². The predicted octanol–water partition coefficient (Wildman–Crippen LogP) is 7.98. The maximum atomic E-state index is 14.7. The van der Waals surface area contributed by atoms with Crippen molar-refractivity contribution in [2.24, 2.45) is 0 Å². The Hall–Kier alpha value is -3.35. The lowest BCUT2D eigenvalue weighted by Gasteiger charge is -2.35. The molecular weight excluding hydrogens is 550 g/mol. The number of hydrogen-bond donors (Lipinski definition) is 2. The van der Waals surface area contributed by atoms with Crippen molar-refractivity contribution in [2.45, 2.75) is 130 Å². The molecule has 2 aromatic carbocycles. The third-order valence-corrected chi connectivity index (χ3v) is 7.67. The average Bonchev–Trinajstić information content (AvgIpc) is 2.96. The molecule has 0 bridgehead atoms. The van der Waals surface area contributed by atoms with Gasteiger partial charge in [-0.25, -0.2) is 4.79 Å². The van der Waals surface area contributed by atoms with Gasteiger partial charge >= 0.3 is 6.09 Å². The number of nitrogens with one attached hydrogen (secondary N) is 2. The molecule has 0 aliphatic heterocycles. The van der Waals surface area contributed by atoms with Crippen LogP contribution in [0, 0.1) is 13.8 Å². The normalized spacial score (nSPS) is 12.7. The fourth-order valence-electron chi connectivity index (χ4n) is 5.40. The Bertz CT molecular complexity index is 1160. The van der Waals surface area contributed by atoms with Gasteiger partial charge in [0, 0.05) is 19.5 Å². The molecule has 0 fully saturated rings. The van der Waals surface area contributed by atoms with Gasteiger partial charge in [0.2, 0.25) is 11.8 Å². The van der Waals surface area contributed by atoms with E-state index in [0.717, 1.165) is 73.6 Å². The second-order valence-electron chi connectivity index (χ2n) is 12.9. The number of carbonyl (C=O) groups excluding carboxylic acids is 3. The van der Waals surface area contributed by atoms with Gasteiger partial charge < -0.3 is 20.3 Å². The number of aryl methyl sites for hydroxylation is 2. The number of carbonyl (C=O) groups is 3. The van der Waals surface area contributed by atoms with Crippen LogP contribution in [0.2, 0.25) is 0 Å². The van der Waals surface area contributed by atoms with Gasteiger partial charge in [0.1, 0.15) is 17.7 Å². The van der Waals surface area contributed by atoms with Crippen molar-refractivity contribution in [3.05, 3.63) is 70.8 Å². The second-order valence-corrected chi connectivity index (χ2v) is 12.9. The van der Waals surface area contributed by atoms with E-state index in [0.29, 0.717) is 13.1 Å². The quantitative estimate of drug-likeness (QED) is 0.168. The molecule has 2 aromatic rings. The molecule has 2 N–H and O–H groups in total. The van der Waals surface area contributed by atoms with Crippen molar-refractivity contribution in [3.63, 3.8) is 0 Å². The van der Waals surface area contributed by atoms with Gasteiger partial charge in [-0.05, 0) is 64.2 Å². The van der Waals surface area contributed by atoms with Crippen LogP contribution in [-0.4, -0.2) is 47.5 Å². The van der Waals surface area contributed by atoms with Crippen molar-refractivity contribution in [3.8, 4) is 0 Å². The Morgan fingerprint density at radius 1 is 0.841 bits per heavy atom. The first-order valence-corrected chi connectivity index (χ1v) is 16.7. The number of benzene rings is 2. The highest BCUT2D eigenvalue weighted by molar-refractivity contribution is 5.92. The van der Waals surface area contributed by atoms with Crippen LogP contribution in [0.1, 0.15) is 121 Å². The average molecular weight is 608 g/mol. The van der Waals surface area contributed by atoms with Gasteiger partial charge in [-0.2, -0.15) is 0 Å². The summed E-state index contributed by atoms with van der Waals surface area (Å²) in [7, 11) is 0. The summed E-state index contributed by atoms with van der Waals surface area (Å²) in [5.41, 5.74) is 3.05. The fraction of sp³-hybridized carbons (Fsp3) is 0.595. The molecule has 0 saturated carbocycles. The van der Waals surface area contributed by atoms with Crippen LogP contribution >= 0.6 is 0 Å². The molecular formula is C37H57N3O4. The van der Waals surface area contributed by atoms with E-state index in [1.54, 1.807) is 25.7 Å². The molecule has 0 aliphatic rings. The van der Waals surface area contributed by atoms with E-state index >= 15 is 0 Å². The Labute approximate surface area is 266 Å². The van der Waals surface area contributed by atoms with Crippen LogP contribution in [-0.2, 0) is 20.7 Å². The highest BCUT2D eigenvalue weighted by atomic mass is 16.6. The number of nitrogens with zero attached hydrogens (tertiary/aromatic N) is 1. The number of ether oxygens (including phenoxy) is 1. The van der Waals surface area contributed by atoms with Gasteiger partial charge in [-0.1, -0.05) is 113 Å². The Kier molecular flexibility index (Phi) is 16.0. The standard InChI is InChI=1S/C37H57N3O4/c1-8-10-12-13-14-19-25-40(33(34(41)38-24-18-11-9-2)31-23-22-28(3)26-29(31)4)35(42)32(27-30-20-16-15-17-21-30)39-36(43)44-37(5,6)7/h15-17,20-23,26,32-33H,8-14,18-19,24-25,27H2,1-7H3,(H,38,41)(H,39,43). The molecule has 244 valence electrons. The molecule has 7 nitrogen and oxygen atoms in total. The van der Waals surface area contributed by atoms with Gasteiger partial charge in [-0.3, -0.25) is 9.59 Å². The highest BCUT2D eigenvalue weighted by Crippen LogP contribution is 2.28. The molecule has 0 spiro atoms. The van der Waals surface area contributed by atoms with Crippen LogP contribution < -0.4 is 10.6 Å². The molecule has 0 radical (unpaired) electrons. The zero-order valence-electron chi connectivity index (χ0n) is 28.3. The smallest absolute Gasteiger partial charge is 0.408 e. The third kappa shape index (κ3) is 13.1. The van der Waals surface area contributed by atoms with E-state index in [4.69, 9.17) is 4.74 Å². The van der Waals surface area contributed by atoms with Gasteiger partial charge in [0.25, 0.3) is 0 Å². The Balaban J connectivity index is 2.53. The van der Waals surface area contributed by atoms with Crippen LogP contribution in [0.5, 0.6) is 0 Å². The number of rotatable bonds is 18. The van der Waals surface area contributed by atoms with Gasteiger partial charge in [0.05, 0.1) is 0 Å². The summed E-state index contributed by atoms with van der Waals surface area (Å²) in [4.78, 5) is 43.4. The molecule has 3 amide bonds. The van der Waals surface area contributed by atoms with Crippen molar-refractivity contribution >= 4 is 17.9 Å². The summed E-state index contributed by atoms with van der Waals surface area (Å²) < 4.78 is 5.57. The first-order valence-electron chi connectivity index (χ1n) is 16.7. The maximum absolute atomic E-state index is 14.7. The third-order valence-electron chi connectivity index (χ3n) is 7.67. The summed E-state index contributed by atoms with van der Waals surface area (Å²) >= 11 is 0. The molecule has 7 heteroatoms. The minimum absolute atomic E-state index is 0.192. The minimum atomic E-state index is -0.909. The molecule has 44 heavy (non-hydrogen) atoms. The Morgan fingerprint density at radius 3 is 2.11 bits per heavy atom. The monoisotopic (exact) mass is 607 g/mol. The maximum Gasteiger partial charge on any atom is 0.408 e. The van der Waals surface area contributed by atoms with Crippen LogP contribution in [0.15, 0.2) is 48.5 Å². The molecule has 0 aliphatic carbocycles. The van der Waals surface area contributed by atoms with Crippen molar-refractivity contribution < 1.29 is 19.1 Å². The SMILES string of the molecule is CCCCCCCCN(C(=O)C(Cc1ccccc1)NC(=O)OC(C)(C)C)C(C(=O)NCCCCC)c1ccc(C)cc1C. The summed E-state index contributed by atoms with van der Waals surface area (Å²) in [5, 5.41) is 5.99. The van der Waals surface area contributed by atoms with Crippen LogP contribution in [0.25, 0.3) is 0 Å². The minimum Gasteiger partial charge on any atom is -0.444 e. The van der Waals surface area contributed by atoms with Gasteiger partial charge in [0.15, 0.2) is 0 Å². The summed E-state index contributed by atoms with van der Waals surface area (Å²) in [5.74, 6) is -0.481. The summed E-state index contributed by atoms with van der Waals surface area (Å²) in [6, 6.07) is 13.9. The first-order chi connectivity index (χ1) is 21.0. The topological polar surface area (TPSA) is 87.7 Å². The van der Waals surface area contributed by atoms with Crippen molar-refractivity contribution in [1.29, 1.82) is 0 Å². The number of amides is 3. The Morgan fingerprint density at radius 2 is 1.48 bits per heavy atom. The number of hydrogen-bond acceptors (Lipinski definition) is 4. The molecule has 2 unspecified atom stereocenters. The first kappa shape index (κ1) is 36.8. The molecule has 2 rings (SSSR count). The van der Waals surface area contributed by atoms with E-state index in [2.05, 4.69) is 30.5 Å². The fourth-order valence-corrected chi connectivity index (χ4v) is 5.40. The van der Waals surface area contributed by atoms with Crippen molar-refractivity contribution in [2.75, 3.05) is 13.1 Å². The lowest BCUT2D eigenvalue weighted by atomic mass is 9.95. The summed E-state index contributed by atoms with van der Waals surface area (Å²) in [6.07, 6.45) is 8.89. The number of unbranched alkanes of at least 4 members (excludes halogenated alkanes) is 7.